The van der Waals surface area contributed by atoms with E-state index in [2.05, 4.69) is 20.9 Å². The van der Waals surface area contributed by atoms with Crippen LogP contribution < -0.4 is 10.5 Å². The highest BCUT2D eigenvalue weighted by Gasteiger charge is 2.08. The third kappa shape index (κ3) is 4.04. The van der Waals surface area contributed by atoms with E-state index in [9.17, 15) is 0 Å². The summed E-state index contributed by atoms with van der Waals surface area (Å²) in [6.07, 6.45) is 4.46. The molecule has 1 atom stereocenters. The monoisotopic (exact) mass is 320 g/mol. The Labute approximate surface area is 121 Å². The average Bonchev–Trinajstić information content (AvgIpc) is 2.39. The SMILES string of the molecule is C[C@H](N)c1ccc(Br)cc1OCCc1cccnc1. The van der Waals surface area contributed by atoms with E-state index >= 15 is 0 Å². The van der Waals surface area contributed by atoms with Gasteiger partial charge in [0.05, 0.1) is 6.61 Å². The first kappa shape index (κ1) is 14.0. The van der Waals surface area contributed by atoms with Crippen LogP contribution in [-0.4, -0.2) is 11.6 Å². The lowest BCUT2D eigenvalue weighted by Gasteiger charge is -2.14. The number of nitrogens with two attached hydrogens (primary N) is 1. The highest BCUT2D eigenvalue weighted by molar-refractivity contribution is 9.10. The Balaban J connectivity index is 2.01. The van der Waals surface area contributed by atoms with Crippen molar-refractivity contribution in [3.05, 3.63) is 58.3 Å². The van der Waals surface area contributed by atoms with Gasteiger partial charge >= 0.3 is 0 Å². The van der Waals surface area contributed by atoms with Gasteiger partial charge in [0.1, 0.15) is 5.75 Å². The van der Waals surface area contributed by atoms with Crippen molar-refractivity contribution in [1.29, 1.82) is 0 Å². The van der Waals surface area contributed by atoms with Crippen LogP contribution in [0.5, 0.6) is 5.75 Å². The number of ether oxygens (including phenoxy) is 1. The molecule has 2 rings (SSSR count). The van der Waals surface area contributed by atoms with Gasteiger partial charge in [-0.15, -0.1) is 0 Å². The molecular formula is C15H17BrN2O. The Hall–Kier alpha value is -1.39. The summed E-state index contributed by atoms with van der Waals surface area (Å²) >= 11 is 3.45. The maximum absolute atomic E-state index is 5.94. The molecule has 0 spiro atoms. The Bertz CT molecular complexity index is 529. The van der Waals surface area contributed by atoms with E-state index in [-0.39, 0.29) is 6.04 Å². The number of halogens is 1. The van der Waals surface area contributed by atoms with Gasteiger partial charge < -0.3 is 10.5 Å². The van der Waals surface area contributed by atoms with Crippen LogP contribution >= 0.6 is 15.9 Å². The Morgan fingerprint density at radius 2 is 2.21 bits per heavy atom. The van der Waals surface area contributed by atoms with Gasteiger partial charge in [-0.1, -0.05) is 28.1 Å². The fourth-order valence-electron chi connectivity index (χ4n) is 1.83. The molecule has 2 N–H and O–H groups in total. The molecule has 1 aromatic carbocycles. The lowest BCUT2D eigenvalue weighted by atomic mass is 10.1. The summed E-state index contributed by atoms with van der Waals surface area (Å²) in [7, 11) is 0. The molecule has 4 heteroatoms. The molecule has 0 radical (unpaired) electrons. The molecule has 0 saturated carbocycles. The molecular weight excluding hydrogens is 304 g/mol. The van der Waals surface area contributed by atoms with Crippen LogP contribution in [-0.2, 0) is 6.42 Å². The van der Waals surface area contributed by atoms with Crippen molar-refractivity contribution in [2.24, 2.45) is 5.73 Å². The van der Waals surface area contributed by atoms with Crippen molar-refractivity contribution in [3.8, 4) is 5.75 Å². The number of hydrogen-bond donors (Lipinski definition) is 1. The van der Waals surface area contributed by atoms with E-state index in [0.29, 0.717) is 6.61 Å². The molecule has 1 heterocycles. The summed E-state index contributed by atoms with van der Waals surface area (Å²) in [5.41, 5.74) is 8.13. The molecule has 0 amide bonds. The minimum absolute atomic E-state index is 0.0403. The third-order valence-electron chi connectivity index (χ3n) is 2.84. The van der Waals surface area contributed by atoms with Crippen molar-refractivity contribution >= 4 is 15.9 Å². The minimum Gasteiger partial charge on any atom is -0.493 e. The summed E-state index contributed by atoms with van der Waals surface area (Å²) in [6.45, 7) is 2.57. The summed E-state index contributed by atoms with van der Waals surface area (Å²) in [6, 6.07) is 9.87. The van der Waals surface area contributed by atoms with Gasteiger partial charge in [-0.25, -0.2) is 0 Å². The number of rotatable bonds is 5. The van der Waals surface area contributed by atoms with Gasteiger partial charge in [-0.2, -0.15) is 0 Å². The Kier molecular flexibility index (Phi) is 4.93. The molecule has 0 fully saturated rings. The maximum atomic E-state index is 5.94. The largest absolute Gasteiger partial charge is 0.493 e. The first-order valence-corrected chi connectivity index (χ1v) is 7.03. The fourth-order valence-corrected chi connectivity index (χ4v) is 2.17. The first-order chi connectivity index (χ1) is 9.16. The summed E-state index contributed by atoms with van der Waals surface area (Å²) < 4.78 is 6.84. The number of aromatic nitrogens is 1. The van der Waals surface area contributed by atoms with Crippen LogP contribution in [0, 0.1) is 0 Å². The summed E-state index contributed by atoms with van der Waals surface area (Å²) in [5, 5.41) is 0. The van der Waals surface area contributed by atoms with Crippen LogP contribution in [0.2, 0.25) is 0 Å². The van der Waals surface area contributed by atoms with Gasteiger partial charge in [0, 0.05) is 34.9 Å². The highest BCUT2D eigenvalue weighted by atomic mass is 79.9. The molecule has 19 heavy (non-hydrogen) atoms. The zero-order valence-corrected chi connectivity index (χ0v) is 12.4. The second-order valence-corrected chi connectivity index (χ2v) is 5.35. The molecule has 0 aliphatic carbocycles. The second kappa shape index (κ2) is 6.68. The van der Waals surface area contributed by atoms with E-state index in [1.54, 1.807) is 6.20 Å². The van der Waals surface area contributed by atoms with Crippen molar-refractivity contribution in [1.82, 2.24) is 4.98 Å². The number of nitrogens with zero attached hydrogens (tertiary/aromatic N) is 1. The molecule has 100 valence electrons. The van der Waals surface area contributed by atoms with E-state index in [1.807, 2.05) is 43.5 Å². The van der Waals surface area contributed by atoms with E-state index in [0.717, 1.165) is 22.2 Å². The molecule has 1 aromatic heterocycles. The number of hydrogen-bond acceptors (Lipinski definition) is 3. The minimum atomic E-state index is -0.0403. The van der Waals surface area contributed by atoms with Crippen LogP contribution in [0.4, 0.5) is 0 Å². The van der Waals surface area contributed by atoms with Gasteiger partial charge in [-0.05, 0) is 30.7 Å². The zero-order chi connectivity index (χ0) is 13.7. The second-order valence-electron chi connectivity index (χ2n) is 4.43. The average molecular weight is 321 g/mol. The van der Waals surface area contributed by atoms with Crippen molar-refractivity contribution in [2.45, 2.75) is 19.4 Å². The van der Waals surface area contributed by atoms with Crippen molar-refractivity contribution in [2.75, 3.05) is 6.61 Å². The van der Waals surface area contributed by atoms with Crippen molar-refractivity contribution < 1.29 is 4.74 Å². The molecule has 0 aliphatic heterocycles. The topological polar surface area (TPSA) is 48.1 Å². The van der Waals surface area contributed by atoms with Crippen LogP contribution in [0.1, 0.15) is 24.1 Å². The Morgan fingerprint density at radius 3 is 2.89 bits per heavy atom. The van der Waals surface area contributed by atoms with Crippen LogP contribution in [0.25, 0.3) is 0 Å². The quantitative estimate of drug-likeness (QED) is 0.917. The first-order valence-electron chi connectivity index (χ1n) is 6.23. The summed E-state index contributed by atoms with van der Waals surface area (Å²) in [5.74, 6) is 0.841. The molecule has 0 unspecified atom stereocenters. The van der Waals surface area contributed by atoms with E-state index in [1.165, 1.54) is 5.56 Å². The van der Waals surface area contributed by atoms with Gasteiger partial charge in [-0.3, -0.25) is 4.98 Å². The van der Waals surface area contributed by atoms with Crippen LogP contribution in [0.15, 0.2) is 47.2 Å². The zero-order valence-electron chi connectivity index (χ0n) is 10.8. The van der Waals surface area contributed by atoms with E-state index < -0.39 is 0 Å². The van der Waals surface area contributed by atoms with Crippen molar-refractivity contribution in [3.63, 3.8) is 0 Å². The molecule has 0 bridgehead atoms. The fraction of sp³-hybridized carbons (Fsp3) is 0.267. The normalized spacial score (nSPS) is 12.2. The highest BCUT2D eigenvalue weighted by Crippen LogP contribution is 2.27. The molecule has 0 aliphatic rings. The third-order valence-corrected chi connectivity index (χ3v) is 3.33. The lowest BCUT2D eigenvalue weighted by molar-refractivity contribution is 0.317. The Morgan fingerprint density at radius 1 is 1.37 bits per heavy atom. The standard InChI is InChI=1S/C15H17BrN2O/c1-11(17)14-5-4-13(16)9-15(14)19-8-6-12-3-2-7-18-10-12/h2-5,7,9-11H,6,8,17H2,1H3/t11-/m0/s1. The van der Waals surface area contributed by atoms with Gasteiger partial charge in [0.2, 0.25) is 0 Å². The predicted octanol–water partition coefficient (Wildman–Crippen LogP) is 3.49. The lowest BCUT2D eigenvalue weighted by Crippen LogP contribution is -2.09. The van der Waals surface area contributed by atoms with Crippen LogP contribution in [0.3, 0.4) is 0 Å². The number of pyridine rings is 1. The molecule has 2 aromatic rings. The maximum Gasteiger partial charge on any atom is 0.125 e. The molecule has 3 nitrogen and oxygen atoms in total. The van der Waals surface area contributed by atoms with Gasteiger partial charge in [0.25, 0.3) is 0 Å². The molecule has 0 saturated heterocycles. The summed E-state index contributed by atoms with van der Waals surface area (Å²) in [4.78, 5) is 4.09. The smallest absolute Gasteiger partial charge is 0.125 e. The number of benzene rings is 1. The van der Waals surface area contributed by atoms with Gasteiger partial charge in [0.15, 0.2) is 0 Å². The predicted molar refractivity (Wildman–Crippen MR) is 80.2 cm³/mol. The van der Waals surface area contributed by atoms with E-state index in [4.69, 9.17) is 10.5 Å².